The van der Waals surface area contributed by atoms with E-state index in [4.69, 9.17) is 0 Å². The number of amides is 1. The largest absolute Gasteiger partial charge is 0.339 e. The van der Waals surface area contributed by atoms with E-state index in [0.717, 1.165) is 24.2 Å². The van der Waals surface area contributed by atoms with Gasteiger partial charge in [0.1, 0.15) is 5.69 Å². The van der Waals surface area contributed by atoms with Gasteiger partial charge in [0.05, 0.1) is 12.2 Å². The van der Waals surface area contributed by atoms with Crippen molar-refractivity contribution in [3.63, 3.8) is 0 Å². The van der Waals surface area contributed by atoms with Gasteiger partial charge in [-0.1, -0.05) is 5.21 Å². The van der Waals surface area contributed by atoms with E-state index in [1.807, 2.05) is 0 Å². The first-order valence-electron chi connectivity index (χ1n) is 5.28. The zero-order chi connectivity index (χ0) is 11.7. The molecule has 0 aliphatic carbocycles. The van der Waals surface area contributed by atoms with Crippen LogP contribution in [0.1, 0.15) is 11.4 Å². The highest BCUT2D eigenvalue weighted by Gasteiger charge is 2.22. The number of fused-ring (bicyclic) bond motifs is 1. The molecule has 7 heteroatoms. The summed E-state index contributed by atoms with van der Waals surface area (Å²) in [7, 11) is 0. The Kier molecular flexibility index (Phi) is 2.28. The van der Waals surface area contributed by atoms with Gasteiger partial charge in [-0.05, 0) is 6.07 Å². The summed E-state index contributed by atoms with van der Waals surface area (Å²) in [6, 6.07) is 1.75. The number of aromatic nitrogens is 5. The van der Waals surface area contributed by atoms with Crippen molar-refractivity contribution in [2.75, 3.05) is 6.54 Å². The Morgan fingerprint density at radius 3 is 2.88 bits per heavy atom. The Balaban J connectivity index is 2.00. The fourth-order valence-corrected chi connectivity index (χ4v) is 1.88. The van der Waals surface area contributed by atoms with Gasteiger partial charge in [-0.15, -0.1) is 5.10 Å². The molecule has 7 nitrogen and oxygen atoms in total. The van der Waals surface area contributed by atoms with Crippen LogP contribution in [0.5, 0.6) is 0 Å². The topological polar surface area (TPSA) is 76.8 Å². The average Bonchev–Trinajstić information content (AvgIpc) is 2.82. The molecule has 0 aromatic carbocycles. The lowest BCUT2D eigenvalue weighted by Gasteiger charge is -2.21. The molecule has 0 unspecified atom stereocenters. The minimum Gasteiger partial charge on any atom is -0.339 e. The highest BCUT2D eigenvalue weighted by molar-refractivity contribution is 5.48. The molecule has 0 saturated carbocycles. The SMILES string of the molecule is O=CN1CCc2c(nnn2-c2ncccn2)C1. The highest BCUT2D eigenvalue weighted by Crippen LogP contribution is 2.16. The molecule has 3 rings (SSSR count). The van der Waals surface area contributed by atoms with Gasteiger partial charge in [0.25, 0.3) is 5.95 Å². The van der Waals surface area contributed by atoms with Crippen molar-refractivity contribution in [2.24, 2.45) is 0 Å². The molecule has 2 aromatic rings. The summed E-state index contributed by atoms with van der Waals surface area (Å²) in [6.07, 6.45) is 4.88. The second-order valence-electron chi connectivity index (χ2n) is 3.77. The molecule has 2 aromatic heterocycles. The predicted molar refractivity (Wildman–Crippen MR) is 57.1 cm³/mol. The Morgan fingerprint density at radius 1 is 1.29 bits per heavy atom. The van der Waals surface area contributed by atoms with Crippen LogP contribution in [0.25, 0.3) is 5.95 Å². The van der Waals surface area contributed by atoms with Crippen LogP contribution in [0.2, 0.25) is 0 Å². The van der Waals surface area contributed by atoms with Crippen molar-refractivity contribution >= 4 is 6.41 Å². The second kappa shape index (κ2) is 3.93. The van der Waals surface area contributed by atoms with E-state index in [0.29, 0.717) is 19.0 Å². The molecule has 1 aliphatic rings. The first-order chi connectivity index (χ1) is 8.38. The smallest absolute Gasteiger partial charge is 0.252 e. The van der Waals surface area contributed by atoms with Crippen molar-refractivity contribution in [1.29, 1.82) is 0 Å². The summed E-state index contributed by atoms with van der Waals surface area (Å²) < 4.78 is 1.64. The molecule has 0 saturated heterocycles. The zero-order valence-corrected chi connectivity index (χ0v) is 9.02. The molecule has 86 valence electrons. The number of rotatable bonds is 2. The normalized spacial score (nSPS) is 14.5. The van der Waals surface area contributed by atoms with Gasteiger partial charge < -0.3 is 4.90 Å². The molecule has 0 bridgehead atoms. The molecule has 0 fully saturated rings. The van der Waals surface area contributed by atoms with Gasteiger partial charge in [0.2, 0.25) is 6.41 Å². The monoisotopic (exact) mass is 230 g/mol. The third kappa shape index (κ3) is 1.65. The number of hydrogen-bond acceptors (Lipinski definition) is 5. The van der Waals surface area contributed by atoms with Crippen molar-refractivity contribution in [3.8, 4) is 5.95 Å². The van der Waals surface area contributed by atoms with Crippen molar-refractivity contribution in [1.82, 2.24) is 29.9 Å². The van der Waals surface area contributed by atoms with Crippen LogP contribution < -0.4 is 0 Å². The first kappa shape index (κ1) is 9.88. The minimum absolute atomic E-state index is 0.506. The summed E-state index contributed by atoms with van der Waals surface area (Å²) in [6.45, 7) is 1.18. The van der Waals surface area contributed by atoms with Crippen LogP contribution in [0, 0.1) is 0 Å². The van der Waals surface area contributed by atoms with Crippen molar-refractivity contribution in [3.05, 3.63) is 29.8 Å². The Bertz CT molecular complexity index is 537. The van der Waals surface area contributed by atoms with E-state index in [1.165, 1.54) is 0 Å². The lowest BCUT2D eigenvalue weighted by Crippen LogP contribution is -2.30. The van der Waals surface area contributed by atoms with Crippen LogP contribution in [-0.2, 0) is 17.8 Å². The molecule has 3 heterocycles. The lowest BCUT2D eigenvalue weighted by atomic mass is 10.1. The van der Waals surface area contributed by atoms with Gasteiger partial charge >= 0.3 is 0 Å². The number of hydrogen-bond donors (Lipinski definition) is 0. The predicted octanol–water partition coefficient (Wildman–Crippen LogP) is -0.428. The zero-order valence-electron chi connectivity index (χ0n) is 9.02. The van der Waals surface area contributed by atoms with E-state index < -0.39 is 0 Å². The van der Waals surface area contributed by atoms with Crippen LogP contribution in [-0.4, -0.2) is 42.8 Å². The summed E-state index contributed by atoms with van der Waals surface area (Å²) in [5, 5.41) is 8.10. The molecule has 0 atom stereocenters. The molecule has 0 spiro atoms. The number of nitrogens with zero attached hydrogens (tertiary/aromatic N) is 6. The molecular formula is C10H10N6O. The Morgan fingerprint density at radius 2 is 2.12 bits per heavy atom. The van der Waals surface area contributed by atoms with E-state index in [9.17, 15) is 4.79 Å². The molecule has 1 aliphatic heterocycles. The molecule has 0 radical (unpaired) electrons. The second-order valence-corrected chi connectivity index (χ2v) is 3.77. The van der Waals surface area contributed by atoms with Gasteiger partial charge in [0.15, 0.2) is 0 Å². The molecule has 17 heavy (non-hydrogen) atoms. The average molecular weight is 230 g/mol. The van der Waals surface area contributed by atoms with E-state index in [-0.39, 0.29) is 0 Å². The summed E-state index contributed by atoms with van der Waals surface area (Å²) >= 11 is 0. The standard InChI is InChI=1S/C10H10N6O/c17-7-15-5-2-9-8(6-15)13-14-16(9)10-11-3-1-4-12-10/h1,3-4,7H,2,5-6H2. The molecule has 1 amide bonds. The Hall–Kier alpha value is -2.31. The Labute approximate surface area is 97.1 Å². The van der Waals surface area contributed by atoms with Crippen LogP contribution >= 0.6 is 0 Å². The number of carbonyl (C=O) groups is 1. The van der Waals surface area contributed by atoms with Crippen molar-refractivity contribution in [2.45, 2.75) is 13.0 Å². The minimum atomic E-state index is 0.506. The third-order valence-electron chi connectivity index (χ3n) is 2.72. The molecule has 0 N–H and O–H groups in total. The van der Waals surface area contributed by atoms with Crippen molar-refractivity contribution < 1.29 is 4.79 Å². The summed E-state index contributed by atoms with van der Waals surface area (Å²) in [4.78, 5) is 20.6. The molecular weight excluding hydrogens is 220 g/mol. The van der Waals surface area contributed by atoms with E-state index in [1.54, 1.807) is 28.0 Å². The fourth-order valence-electron chi connectivity index (χ4n) is 1.88. The van der Waals surface area contributed by atoms with E-state index >= 15 is 0 Å². The van der Waals surface area contributed by atoms with Gasteiger partial charge in [-0.2, -0.15) is 4.68 Å². The van der Waals surface area contributed by atoms with Crippen LogP contribution in [0.15, 0.2) is 18.5 Å². The maximum atomic E-state index is 10.7. The first-order valence-corrected chi connectivity index (χ1v) is 5.28. The van der Waals surface area contributed by atoms with Gasteiger partial charge in [-0.3, -0.25) is 4.79 Å². The maximum absolute atomic E-state index is 10.7. The van der Waals surface area contributed by atoms with Crippen LogP contribution in [0.4, 0.5) is 0 Å². The third-order valence-corrected chi connectivity index (χ3v) is 2.72. The quantitative estimate of drug-likeness (QED) is 0.654. The van der Waals surface area contributed by atoms with Gasteiger partial charge in [-0.25, -0.2) is 9.97 Å². The maximum Gasteiger partial charge on any atom is 0.252 e. The number of carbonyl (C=O) groups excluding carboxylic acids is 1. The van der Waals surface area contributed by atoms with Gasteiger partial charge in [0, 0.05) is 25.4 Å². The summed E-state index contributed by atoms with van der Waals surface area (Å²) in [5.41, 5.74) is 1.80. The lowest BCUT2D eigenvalue weighted by molar-refractivity contribution is -0.119. The van der Waals surface area contributed by atoms with Crippen LogP contribution in [0.3, 0.4) is 0 Å². The highest BCUT2D eigenvalue weighted by atomic mass is 16.1. The summed E-state index contributed by atoms with van der Waals surface area (Å²) in [5.74, 6) is 0.515. The van der Waals surface area contributed by atoms with E-state index in [2.05, 4.69) is 20.3 Å². The fraction of sp³-hybridized carbons (Fsp3) is 0.300.